The first-order valence-electron chi connectivity index (χ1n) is 7.66. The molecule has 0 saturated carbocycles. The molecule has 0 aliphatic heterocycles. The van der Waals surface area contributed by atoms with Gasteiger partial charge in [0.2, 0.25) is 5.91 Å². The molecule has 0 bridgehead atoms. The van der Waals surface area contributed by atoms with Crippen molar-refractivity contribution < 1.29 is 14.1 Å². The predicted octanol–water partition coefficient (Wildman–Crippen LogP) is 4.26. The number of hydrogen-bond donors (Lipinski definition) is 1. The van der Waals surface area contributed by atoms with Crippen LogP contribution in [0.5, 0.6) is 11.5 Å². The second kappa shape index (κ2) is 7.00. The molecule has 1 amide bonds. The van der Waals surface area contributed by atoms with Gasteiger partial charge >= 0.3 is 0 Å². The zero-order chi connectivity index (χ0) is 16.9. The van der Waals surface area contributed by atoms with Gasteiger partial charge in [-0.05, 0) is 38.1 Å². The molecule has 0 fully saturated rings. The number of carbonyl (C=O) groups excluding carboxylic acids is 1. The highest BCUT2D eigenvalue weighted by molar-refractivity contribution is 5.92. The standard InChI is InChI=1S/C19H18N2O3/c1-13-18(14(2)24-21-13)12-19(22)20-15-7-6-10-17(11-15)23-16-8-4-3-5-9-16/h3-11H,12H2,1-2H3,(H,20,22). The minimum absolute atomic E-state index is 0.124. The van der Waals surface area contributed by atoms with Crippen LogP contribution in [0.4, 0.5) is 5.69 Å². The molecule has 0 radical (unpaired) electrons. The number of hydrogen-bond acceptors (Lipinski definition) is 4. The molecule has 0 aliphatic carbocycles. The largest absolute Gasteiger partial charge is 0.457 e. The molecular weight excluding hydrogens is 304 g/mol. The van der Waals surface area contributed by atoms with Crippen LogP contribution in [0.1, 0.15) is 17.0 Å². The molecule has 0 aliphatic rings. The molecule has 3 rings (SSSR count). The van der Waals surface area contributed by atoms with Crippen molar-refractivity contribution in [3.8, 4) is 11.5 Å². The van der Waals surface area contributed by atoms with Crippen molar-refractivity contribution >= 4 is 11.6 Å². The maximum Gasteiger partial charge on any atom is 0.229 e. The van der Waals surface area contributed by atoms with Crippen LogP contribution in [0.3, 0.4) is 0 Å². The lowest BCUT2D eigenvalue weighted by molar-refractivity contribution is -0.115. The summed E-state index contributed by atoms with van der Waals surface area (Å²) in [4.78, 5) is 12.2. The van der Waals surface area contributed by atoms with E-state index in [0.29, 0.717) is 17.2 Å². The van der Waals surface area contributed by atoms with Crippen LogP contribution >= 0.6 is 0 Å². The first-order valence-corrected chi connectivity index (χ1v) is 7.66. The second-order valence-corrected chi connectivity index (χ2v) is 5.47. The molecule has 1 N–H and O–H groups in total. The molecule has 1 aromatic heterocycles. The average Bonchev–Trinajstić information content (AvgIpc) is 2.88. The van der Waals surface area contributed by atoms with Gasteiger partial charge < -0.3 is 14.6 Å². The smallest absolute Gasteiger partial charge is 0.229 e. The van der Waals surface area contributed by atoms with Crippen LogP contribution < -0.4 is 10.1 Å². The lowest BCUT2D eigenvalue weighted by Crippen LogP contribution is -2.15. The van der Waals surface area contributed by atoms with Crippen LogP contribution in [0, 0.1) is 13.8 Å². The van der Waals surface area contributed by atoms with Crippen molar-refractivity contribution in [3.05, 3.63) is 71.6 Å². The number of aromatic nitrogens is 1. The average molecular weight is 322 g/mol. The van der Waals surface area contributed by atoms with Gasteiger partial charge in [0.25, 0.3) is 0 Å². The summed E-state index contributed by atoms with van der Waals surface area (Å²) in [6.45, 7) is 3.63. The fourth-order valence-corrected chi connectivity index (χ4v) is 2.38. The number of aryl methyl sites for hydroxylation is 2. The summed E-state index contributed by atoms with van der Waals surface area (Å²) >= 11 is 0. The van der Waals surface area contributed by atoms with E-state index in [1.807, 2.05) is 55.5 Å². The highest BCUT2D eigenvalue weighted by atomic mass is 16.5. The van der Waals surface area contributed by atoms with Gasteiger partial charge in [-0.15, -0.1) is 0 Å². The van der Waals surface area contributed by atoms with E-state index in [2.05, 4.69) is 10.5 Å². The third-order valence-electron chi connectivity index (χ3n) is 3.62. The van der Waals surface area contributed by atoms with Gasteiger partial charge in [0, 0.05) is 17.3 Å². The molecular formula is C19H18N2O3. The number of nitrogens with zero attached hydrogens (tertiary/aromatic N) is 1. The van der Waals surface area contributed by atoms with E-state index in [4.69, 9.17) is 9.26 Å². The lowest BCUT2D eigenvalue weighted by Gasteiger charge is -2.09. The number of amides is 1. The van der Waals surface area contributed by atoms with E-state index < -0.39 is 0 Å². The quantitative estimate of drug-likeness (QED) is 0.762. The molecule has 0 saturated heterocycles. The summed E-state index contributed by atoms with van der Waals surface area (Å²) in [5.41, 5.74) is 2.24. The Morgan fingerprint density at radius 2 is 1.83 bits per heavy atom. The first kappa shape index (κ1) is 15.8. The summed E-state index contributed by atoms with van der Waals surface area (Å²) in [7, 11) is 0. The molecule has 0 spiro atoms. The Balaban J connectivity index is 1.67. The summed E-state index contributed by atoms with van der Waals surface area (Å²) in [6.07, 6.45) is 0.227. The minimum atomic E-state index is -0.124. The molecule has 122 valence electrons. The summed E-state index contributed by atoms with van der Waals surface area (Å²) < 4.78 is 10.9. The van der Waals surface area contributed by atoms with Crippen LogP contribution in [-0.2, 0) is 11.2 Å². The highest BCUT2D eigenvalue weighted by Crippen LogP contribution is 2.24. The maximum absolute atomic E-state index is 12.2. The Labute approximate surface area is 140 Å². The Hall–Kier alpha value is -3.08. The molecule has 0 atom stereocenters. The maximum atomic E-state index is 12.2. The fourth-order valence-electron chi connectivity index (χ4n) is 2.38. The lowest BCUT2D eigenvalue weighted by atomic mass is 10.1. The van der Waals surface area contributed by atoms with Crippen LogP contribution in [0.2, 0.25) is 0 Å². The van der Waals surface area contributed by atoms with E-state index in [9.17, 15) is 4.79 Å². The monoisotopic (exact) mass is 322 g/mol. The molecule has 1 heterocycles. The minimum Gasteiger partial charge on any atom is -0.457 e. The Morgan fingerprint density at radius 1 is 1.08 bits per heavy atom. The van der Waals surface area contributed by atoms with Crippen molar-refractivity contribution in [2.24, 2.45) is 0 Å². The van der Waals surface area contributed by atoms with Crippen LogP contribution in [-0.4, -0.2) is 11.1 Å². The van der Waals surface area contributed by atoms with Crippen LogP contribution in [0.25, 0.3) is 0 Å². The Bertz CT molecular complexity index is 821. The zero-order valence-electron chi connectivity index (χ0n) is 13.6. The van der Waals surface area contributed by atoms with Gasteiger partial charge in [0.05, 0.1) is 12.1 Å². The topological polar surface area (TPSA) is 64.4 Å². The number of nitrogens with one attached hydrogen (secondary N) is 1. The number of carbonyl (C=O) groups is 1. The van der Waals surface area contributed by atoms with Crippen molar-refractivity contribution in [2.45, 2.75) is 20.3 Å². The first-order chi connectivity index (χ1) is 11.6. The molecule has 5 nitrogen and oxygen atoms in total. The fraction of sp³-hybridized carbons (Fsp3) is 0.158. The van der Waals surface area contributed by atoms with E-state index in [0.717, 1.165) is 17.0 Å². The summed E-state index contributed by atoms with van der Waals surface area (Å²) in [6, 6.07) is 16.8. The molecule has 2 aromatic carbocycles. The van der Waals surface area contributed by atoms with Gasteiger partial charge in [-0.3, -0.25) is 4.79 Å². The molecule has 3 aromatic rings. The van der Waals surface area contributed by atoms with E-state index in [-0.39, 0.29) is 12.3 Å². The van der Waals surface area contributed by atoms with E-state index in [1.54, 1.807) is 13.0 Å². The second-order valence-electron chi connectivity index (χ2n) is 5.47. The van der Waals surface area contributed by atoms with Gasteiger partial charge in [0.1, 0.15) is 17.3 Å². The van der Waals surface area contributed by atoms with Gasteiger partial charge in [-0.2, -0.15) is 0 Å². The predicted molar refractivity (Wildman–Crippen MR) is 91.3 cm³/mol. The Morgan fingerprint density at radius 3 is 2.54 bits per heavy atom. The number of benzene rings is 2. The molecule has 24 heavy (non-hydrogen) atoms. The van der Waals surface area contributed by atoms with Crippen molar-refractivity contribution in [1.82, 2.24) is 5.16 Å². The zero-order valence-corrected chi connectivity index (χ0v) is 13.6. The van der Waals surface area contributed by atoms with E-state index in [1.165, 1.54) is 0 Å². The van der Waals surface area contributed by atoms with Crippen molar-refractivity contribution in [3.63, 3.8) is 0 Å². The number of anilines is 1. The number of para-hydroxylation sites is 1. The highest BCUT2D eigenvalue weighted by Gasteiger charge is 2.13. The number of rotatable bonds is 5. The normalized spacial score (nSPS) is 10.4. The van der Waals surface area contributed by atoms with Crippen LogP contribution in [0.15, 0.2) is 59.1 Å². The van der Waals surface area contributed by atoms with Gasteiger partial charge in [-0.1, -0.05) is 29.4 Å². The Kier molecular flexibility index (Phi) is 4.61. The van der Waals surface area contributed by atoms with Gasteiger partial charge in [0.15, 0.2) is 0 Å². The summed E-state index contributed by atoms with van der Waals surface area (Å²) in [5.74, 6) is 1.96. The molecule has 5 heteroatoms. The van der Waals surface area contributed by atoms with Gasteiger partial charge in [-0.25, -0.2) is 0 Å². The third kappa shape index (κ3) is 3.81. The summed E-state index contributed by atoms with van der Waals surface area (Å²) in [5, 5.41) is 6.73. The SMILES string of the molecule is Cc1noc(C)c1CC(=O)Nc1cccc(Oc2ccccc2)c1. The van der Waals surface area contributed by atoms with Crippen molar-refractivity contribution in [2.75, 3.05) is 5.32 Å². The molecule has 0 unspecified atom stereocenters. The number of ether oxygens (including phenoxy) is 1. The van der Waals surface area contributed by atoms with E-state index >= 15 is 0 Å². The third-order valence-corrected chi connectivity index (χ3v) is 3.62. The van der Waals surface area contributed by atoms with Crippen molar-refractivity contribution in [1.29, 1.82) is 0 Å².